The average molecular weight is 312 g/mol. The number of thioether (sulfide) groups is 1. The van der Waals surface area contributed by atoms with Gasteiger partial charge in [-0.3, -0.25) is 0 Å². The van der Waals surface area contributed by atoms with Gasteiger partial charge >= 0.3 is 0 Å². The van der Waals surface area contributed by atoms with E-state index in [-0.39, 0.29) is 12.0 Å². The third-order valence-electron chi connectivity index (χ3n) is 4.59. The minimum atomic E-state index is -0.398. The normalized spacial score (nSPS) is 37.0. The molecule has 1 N–H and O–H groups in total. The molecule has 0 amide bonds. The molecule has 3 rings (SSSR count). The zero-order valence-electron chi connectivity index (χ0n) is 12.7. The monoisotopic (exact) mass is 312 g/mol. The second-order valence-corrected chi connectivity index (χ2v) is 7.37. The van der Waals surface area contributed by atoms with Crippen LogP contribution in [0, 0.1) is 5.92 Å². The molecule has 2 heterocycles. The van der Waals surface area contributed by atoms with Crippen LogP contribution < -0.4 is 0 Å². The van der Waals surface area contributed by atoms with Gasteiger partial charge in [-0.25, -0.2) is 0 Å². The van der Waals surface area contributed by atoms with Crippen molar-refractivity contribution in [2.45, 2.75) is 57.2 Å². The fraction of sp³-hybridized carbons (Fsp3) is 0.867. The van der Waals surface area contributed by atoms with Gasteiger partial charge in [0.2, 0.25) is 11.7 Å². The highest BCUT2D eigenvalue weighted by atomic mass is 32.2. The largest absolute Gasteiger partial charge is 0.391 e. The molecule has 4 unspecified atom stereocenters. The van der Waals surface area contributed by atoms with Gasteiger partial charge in [-0.2, -0.15) is 16.7 Å². The molecule has 21 heavy (non-hydrogen) atoms. The highest BCUT2D eigenvalue weighted by molar-refractivity contribution is 7.99. The summed E-state index contributed by atoms with van der Waals surface area (Å²) in [5.74, 6) is 3.42. The first-order valence-corrected chi connectivity index (χ1v) is 9.04. The lowest BCUT2D eigenvalue weighted by atomic mass is 9.78. The smallest absolute Gasteiger partial charge is 0.233 e. The number of aromatic nitrogens is 2. The molecule has 2 aliphatic rings. The number of ether oxygens (including phenoxy) is 1. The lowest BCUT2D eigenvalue weighted by Crippen LogP contribution is -2.36. The SMILES string of the molecule is CCOC1(c2noc(C3CSCC3O)n2)CCCC(C)C1. The van der Waals surface area contributed by atoms with Gasteiger partial charge in [-0.15, -0.1) is 0 Å². The molecule has 1 aromatic rings. The molecule has 1 saturated heterocycles. The van der Waals surface area contributed by atoms with Crippen LogP contribution in [-0.2, 0) is 10.3 Å². The van der Waals surface area contributed by atoms with E-state index in [0.29, 0.717) is 24.2 Å². The third-order valence-corrected chi connectivity index (χ3v) is 5.77. The predicted molar refractivity (Wildman–Crippen MR) is 81.3 cm³/mol. The quantitative estimate of drug-likeness (QED) is 0.922. The summed E-state index contributed by atoms with van der Waals surface area (Å²) in [6.45, 7) is 4.92. The van der Waals surface area contributed by atoms with E-state index in [2.05, 4.69) is 17.1 Å². The molecule has 1 saturated carbocycles. The Balaban J connectivity index is 1.85. The Morgan fingerprint density at radius 1 is 1.48 bits per heavy atom. The Morgan fingerprint density at radius 3 is 3.00 bits per heavy atom. The van der Waals surface area contributed by atoms with E-state index in [1.807, 2.05) is 6.92 Å². The van der Waals surface area contributed by atoms with Crippen LogP contribution in [0.15, 0.2) is 4.52 Å². The highest BCUT2D eigenvalue weighted by Gasteiger charge is 2.42. The van der Waals surface area contributed by atoms with E-state index in [9.17, 15) is 5.11 Å². The topological polar surface area (TPSA) is 68.4 Å². The summed E-state index contributed by atoms with van der Waals surface area (Å²) < 4.78 is 11.5. The van der Waals surface area contributed by atoms with Crippen molar-refractivity contribution < 1.29 is 14.4 Å². The van der Waals surface area contributed by atoms with Crippen LogP contribution in [0.5, 0.6) is 0 Å². The van der Waals surface area contributed by atoms with Crippen LogP contribution in [0.1, 0.15) is 57.2 Å². The first-order chi connectivity index (χ1) is 10.1. The first-order valence-electron chi connectivity index (χ1n) is 7.88. The minimum Gasteiger partial charge on any atom is -0.391 e. The van der Waals surface area contributed by atoms with Crippen molar-refractivity contribution in [2.24, 2.45) is 5.92 Å². The van der Waals surface area contributed by atoms with Crippen molar-refractivity contribution in [1.29, 1.82) is 0 Å². The van der Waals surface area contributed by atoms with Crippen LogP contribution in [0.2, 0.25) is 0 Å². The molecule has 2 fully saturated rings. The maximum absolute atomic E-state index is 9.99. The Bertz CT molecular complexity index is 477. The van der Waals surface area contributed by atoms with E-state index in [1.165, 1.54) is 6.42 Å². The van der Waals surface area contributed by atoms with Gasteiger partial charge in [0.25, 0.3) is 0 Å². The van der Waals surface area contributed by atoms with Crippen LogP contribution in [0.25, 0.3) is 0 Å². The molecule has 4 atom stereocenters. The van der Waals surface area contributed by atoms with Gasteiger partial charge in [0.15, 0.2) is 0 Å². The molecular weight excluding hydrogens is 288 g/mol. The van der Waals surface area contributed by atoms with Crippen LogP contribution in [0.3, 0.4) is 0 Å². The lowest BCUT2D eigenvalue weighted by Gasteiger charge is -2.37. The van der Waals surface area contributed by atoms with Crippen molar-refractivity contribution in [3.05, 3.63) is 11.7 Å². The molecule has 0 spiro atoms. The standard InChI is InChI=1S/C15H24N2O3S/c1-3-19-15(6-4-5-10(2)7-15)14-16-13(20-17-14)11-8-21-9-12(11)18/h10-12,18H,3-9H2,1-2H3. The van der Waals surface area contributed by atoms with Crippen molar-refractivity contribution in [3.8, 4) is 0 Å². The fourth-order valence-electron chi connectivity index (χ4n) is 3.53. The molecule has 0 aromatic carbocycles. The van der Waals surface area contributed by atoms with E-state index in [4.69, 9.17) is 9.26 Å². The minimum absolute atomic E-state index is 0.0315. The molecule has 1 aromatic heterocycles. The van der Waals surface area contributed by atoms with Gasteiger partial charge < -0.3 is 14.4 Å². The van der Waals surface area contributed by atoms with E-state index in [0.717, 1.165) is 30.8 Å². The first kappa shape index (κ1) is 15.3. The summed E-state index contributed by atoms with van der Waals surface area (Å²) in [4.78, 5) is 4.62. The molecular formula is C15H24N2O3S. The molecule has 6 heteroatoms. The van der Waals surface area contributed by atoms with Gasteiger partial charge in [0.1, 0.15) is 5.60 Å². The maximum Gasteiger partial charge on any atom is 0.233 e. The van der Waals surface area contributed by atoms with Crippen LogP contribution in [-0.4, -0.2) is 39.5 Å². The second-order valence-electron chi connectivity index (χ2n) is 6.30. The van der Waals surface area contributed by atoms with E-state index < -0.39 is 5.60 Å². The number of hydrogen-bond donors (Lipinski definition) is 1. The molecule has 5 nitrogen and oxygen atoms in total. The zero-order chi connectivity index (χ0) is 14.9. The summed E-state index contributed by atoms with van der Waals surface area (Å²) in [5, 5.41) is 14.2. The van der Waals surface area contributed by atoms with E-state index >= 15 is 0 Å². The van der Waals surface area contributed by atoms with Gasteiger partial charge in [-0.1, -0.05) is 18.5 Å². The lowest BCUT2D eigenvalue weighted by molar-refractivity contribution is -0.0891. The Kier molecular flexibility index (Phi) is 4.57. The van der Waals surface area contributed by atoms with Gasteiger partial charge in [0.05, 0.1) is 12.0 Å². The summed E-state index contributed by atoms with van der Waals surface area (Å²) >= 11 is 1.73. The fourth-order valence-corrected chi connectivity index (χ4v) is 4.76. The van der Waals surface area contributed by atoms with Crippen molar-refractivity contribution >= 4 is 11.8 Å². The van der Waals surface area contributed by atoms with Crippen molar-refractivity contribution in [1.82, 2.24) is 10.1 Å². The highest BCUT2D eigenvalue weighted by Crippen LogP contribution is 2.42. The number of rotatable bonds is 4. The number of aliphatic hydroxyl groups excluding tert-OH is 1. The molecule has 1 aliphatic heterocycles. The number of hydrogen-bond acceptors (Lipinski definition) is 6. The van der Waals surface area contributed by atoms with Crippen molar-refractivity contribution in [2.75, 3.05) is 18.1 Å². The molecule has 118 valence electrons. The number of nitrogens with zero attached hydrogens (tertiary/aromatic N) is 2. The Hall–Kier alpha value is -0.590. The van der Waals surface area contributed by atoms with Crippen LogP contribution in [0.4, 0.5) is 0 Å². The Labute approximate surface area is 129 Å². The summed E-state index contributed by atoms with van der Waals surface area (Å²) in [6, 6.07) is 0. The summed E-state index contributed by atoms with van der Waals surface area (Å²) in [6.07, 6.45) is 3.88. The summed E-state index contributed by atoms with van der Waals surface area (Å²) in [7, 11) is 0. The Morgan fingerprint density at radius 2 is 2.33 bits per heavy atom. The zero-order valence-corrected chi connectivity index (χ0v) is 13.6. The molecule has 1 aliphatic carbocycles. The maximum atomic E-state index is 9.99. The van der Waals surface area contributed by atoms with Crippen molar-refractivity contribution in [3.63, 3.8) is 0 Å². The molecule has 0 radical (unpaired) electrons. The van der Waals surface area contributed by atoms with E-state index in [1.54, 1.807) is 11.8 Å². The average Bonchev–Trinajstić information content (AvgIpc) is 3.07. The van der Waals surface area contributed by atoms with Crippen LogP contribution >= 0.6 is 11.8 Å². The predicted octanol–water partition coefficient (Wildman–Crippen LogP) is 2.70. The van der Waals surface area contributed by atoms with Gasteiger partial charge in [0, 0.05) is 18.1 Å². The van der Waals surface area contributed by atoms with Gasteiger partial charge in [-0.05, 0) is 32.1 Å². The third kappa shape index (κ3) is 2.98. The molecule has 0 bridgehead atoms. The summed E-state index contributed by atoms with van der Waals surface area (Å²) in [5.41, 5.74) is -0.398. The number of aliphatic hydroxyl groups is 1. The second kappa shape index (κ2) is 6.26.